The predicted octanol–water partition coefficient (Wildman–Crippen LogP) is 4.40. The minimum Gasteiger partial charge on any atom is -0.497 e. The highest BCUT2D eigenvalue weighted by molar-refractivity contribution is 7.10. The summed E-state index contributed by atoms with van der Waals surface area (Å²) >= 11 is 7.58. The third-order valence-corrected chi connectivity index (χ3v) is 4.76. The van der Waals surface area contributed by atoms with Crippen LogP contribution in [0.2, 0.25) is 5.02 Å². The molecule has 0 aliphatic heterocycles. The highest BCUT2D eigenvalue weighted by atomic mass is 35.5. The minimum atomic E-state index is -0.207. The number of thiophene rings is 1. The Morgan fingerprint density at radius 3 is 2.75 bits per heavy atom. The van der Waals surface area contributed by atoms with E-state index in [1.807, 2.05) is 24.3 Å². The first-order valence-electron chi connectivity index (χ1n) is 7.27. The molecule has 122 valence electrons. The molecule has 0 atom stereocenters. The van der Waals surface area contributed by atoms with Gasteiger partial charge in [0.1, 0.15) is 5.75 Å². The SMILES string of the molecule is COc1ccc(-c2csc(CNC(=O)c3ccncc3Cl)c2)cc1. The molecule has 2 aromatic heterocycles. The normalized spacial score (nSPS) is 10.4. The number of methoxy groups -OCH3 is 1. The molecule has 3 aromatic rings. The van der Waals surface area contributed by atoms with Crippen LogP contribution in [0, 0.1) is 0 Å². The van der Waals surface area contributed by atoms with E-state index in [0.717, 1.165) is 21.8 Å². The summed E-state index contributed by atoms with van der Waals surface area (Å²) in [5.74, 6) is 0.623. The Kier molecular flexibility index (Phi) is 5.13. The van der Waals surface area contributed by atoms with Gasteiger partial charge in [0.2, 0.25) is 0 Å². The molecular formula is C18H15ClN2O2S. The molecule has 0 bridgehead atoms. The zero-order valence-electron chi connectivity index (χ0n) is 13.0. The van der Waals surface area contributed by atoms with Crippen LogP contribution in [0.4, 0.5) is 0 Å². The summed E-state index contributed by atoms with van der Waals surface area (Å²) in [5, 5.41) is 5.30. The lowest BCUT2D eigenvalue weighted by atomic mass is 10.1. The van der Waals surface area contributed by atoms with E-state index in [1.54, 1.807) is 30.7 Å². The maximum atomic E-state index is 12.2. The van der Waals surface area contributed by atoms with Crippen molar-refractivity contribution in [2.24, 2.45) is 0 Å². The molecule has 0 aliphatic rings. The Labute approximate surface area is 149 Å². The average Bonchev–Trinajstić information content (AvgIpc) is 3.09. The Hall–Kier alpha value is -2.37. The van der Waals surface area contributed by atoms with E-state index >= 15 is 0 Å². The fraction of sp³-hybridized carbons (Fsp3) is 0.111. The molecular weight excluding hydrogens is 344 g/mol. The summed E-state index contributed by atoms with van der Waals surface area (Å²) in [7, 11) is 1.65. The van der Waals surface area contributed by atoms with Gasteiger partial charge in [0, 0.05) is 17.3 Å². The van der Waals surface area contributed by atoms with Crippen LogP contribution in [0.3, 0.4) is 0 Å². The lowest BCUT2D eigenvalue weighted by Crippen LogP contribution is -2.22. The van der Waals surface area contributed by atoms with Gasteiger partial charge in [0.15, 0.2) is 0 Å². The van der Waals surface area contributed by atoms with E-state index in [1.165, 1.54) is 6.20 Å². The lowest BCUT2D eigenvalue weighted by Gasteiger charge is -2.05. The Bertz CT molecular complexity index is 846. The topological polar surface area (TPSA) is 51.2 Å². The number of ether oxygens (including phenoxy) is 1. The molecule has 6 heteroatoms. The molecule has 24 heavy (non-hydrogen) atoms. The fourth-order valence-corrected chi connectivity index (χ4v) is 3.27. The summed E-state index contributed by atoms with van der Waals surface area (Å²) in [6.07, 6.45) is 3.01. The van der Waals surface area contributed by atoms with Crippen molar-refractivity contribution in [2.45, 2.75) is 6.54 Å². The number of pyridine rings is 1. The summed E-state index contributed by atoms with van der Waals surface area (Å²) in [6, 6.07) is 11.6. The molecule has 4 nitrogen and oxygen atoms in total. The molecule has 3 rings (SSSR count). The van der Waals surface area contributed by atoms with Gasteiger partial charge in [0.25, 0.3) is 5.91 Å². The van der Waals surface area contributed by atoms with Crippen molar-refractivity contribution >= 4 is 28.8 Å². The molecule has 0 saturated heterocycles. The van der Waals surface area contributed by atoms with Gasteiger partial charge in [-0.15, -0.1) is 11.3 Å². The van der Waals surface area contributed by atoms with E-state index in [-0.39, 0.29) is 5.91 Å². The van der Waals surface area contributed by atoms with E-state index in [0.29, 0.717) is 17.1 Å². The van der Waals surface area contributed by atoms with Crippen LogP contribution in [0.5, 0.6) is 5.75 Å². The van der Waals surface area contributed by atoms with Crippen LogP contribution in [0.15, 0.2) is 54.2 Å². The first-order valence-corrected chi connectivity index (χ1v) is 8.52. The molecule has 1 amide bonds. The van der Waals surface area contributed by atoms with Crippen LogP contribution in [0.1, 0.15) is 15.2 Å². The van der Waals surface area contributed by atoms with E-state index in [2.05, 4.69) is 21.7 Å². The summed E-state index contributed by atoms with van der Waals surface area (Å²) in [6.45, 7) is 0.457. The van der Waals surface area contributed by atoms with Gasteiger partial charge in [-0.1, -0.05) is 23.7 Å². The molecule has 1 N–H and O–H groups in total. The number of nitrogens with zero attached hydrogens (tertiary/aromatic N) is 1. The second kappa shape index (κ2) is 7.47. The molecule has 0 aliphatic carbocycles. The number of carbonyl (C=O) groups excluding carboxylic acids is 1. The zero-order valence-corrected chi connectivity index (χ0v) is 14.5. The first-order chi connectivity index (χ1) is 11.7. The van der Waals surface area contributed by atoms with Crippen molar-refractivity contribution in [3.8, 4) is 16.9 Å². The molecule has 0 radical (unpaired) electrons. The summed E-state index contributed by atoms with van der Waals surface area (Å²) in [4.78, 5) is 17.1. The highest BCUT2D eigenvalue weighted by Gasteiger charge is 2.10. The van der Waals surface area contributed by atoms with Crippen molar-refractivity contribution in [1.29, 1.82) is 0 Å². The van der Waals surface area contributed by atoms with Crippen LogP contribution in [0.25, 0.3) is 11.1 Å². The number of hydrogen-bond donors (Lipinski definition) is 1. The van der Waals surface area contributed by atoms with Crippen LogP contribution in [-0.4, -0.2) is 18.0 Å². The van der Waals surface area contributed by atoms with Gasteiger partial charge in [-0.25, -0.2) is 0 Å². The van der Waals surface area contributed by atoms with Crippen LogP contribution in [-0.2, 0) is 6.54 Å². The zero-order chi connectivity index (χ0) is 16.9. The lowest BCUT2D eigenvalue weighted by molar-refractivity contribution is 0.0951. The first kappa shape index (κ1) is 16.5. The van der Waals surface area contributed by atoms with Crippen molar-refractivity contribution in [1.82, 2.24) is 10.3 Å². The predicted molar refractivity (Wildman–Crippen MR) is 96.7 cm³/mol. The largest absolute Gasteiger partial charge is 0.497 e. The molecule has 1 aromatic carbocycles. The van der Waals surface area contributed by atoms with E-state index in [9.17, 15) is 4.79 Å². The highest BCUT2D eigenvalue weighted by Crippen LogP contribution is 2.27. The van der Waals surface area contributed by atoms with Gasteiger partial charge >= 0.3 is 0 Å². The van der Waals surface area contributed by atoms with Gasteiger partial charge in [0.05, 0.1) is 24.2 Å². The summed E-state index contributed by atoms with van der Waals surface area (Å²) < 4.78 is 5.17. The van der Waals surface area contributed by atoms with Crippen LogP contribution < -0.4 is 10.1 Å². The second-order valence-electron chi connectivity index (χ2n) is 5.07. The van der Waals surface area contributed by atoms with Crippen molar-refractivity contribution < 1.29 is 9.53 Å². The van der Waals surface area contributed by atoms with Crippen molar-refractivity contribution in [3.63, 3.8) is 0 Å². The average molecular weight is 359 g/mol. The second-order valence-corrected chi connectivity index (χ2v) is 6.47. The van der Waals surface area contributed by atoms with E-state index in [4.69, 9.17) is 16.3 Å². The van der Waals surface area contributed by atoms with Gasteiger partial charge in [-0.3, -0.25) is 9.78 Å². The summed E-state index contributed by atoms with van der Waals surface area (Å²) in [5.41, 5.74) is 2.66. The van der Waals surface area contributed by atoms with Gasteiger partial charge in [-0.2, -0.15) is 0 Å². The Balaban J connectivity index is 1.66. The third kappa shape index (κ3) is 3.75. The number of amides is 1. The number of halogens is 1. The Morgan fingerprint density at radius 1 is 1.25 bits per heavy atom. The molecule has 0 unspecified atom stereocenters. The fourth-order valence-electron chi connectivity index (χ4n) is 2.23. The third-order valence-electron chi connectivity index (χ3n) is 3.52. The number of benzene rings is 1. The van der Waals surface area contributed by atoms with Gasteiger partial charge < -0.3 is 10.1 Å². The van der Waals surface area contributed by atoms with Crippen molar-refractivity contribution in [3.05, 3.63) is 69.6 Å². The molecule has 2 heterocycles. The maximum Gasteiger partial charge on any atom is 0.253 e. The molecule has 0 saturated carbocycles. The standard InChI is InChI=1S/C18H15ClN2O2S/c1-23-14-4-2-12(3-5-14)13-8-15(24-11-13)9-21-18(22)16-6-7-20-10-17(16)19/h2-8,10-11H,9H2,1H3,(H,21,22). The smallest absolute Gasteiger partial charge is 0.253 e. The number of hydrogen-bond acceptors (Lipinski definition) is 4. The number of carbonyl (C=O) groups is 1. The number of aromatic nitrogens is 1. The number of rotatable bonds is 5. The monoisotopic (exact) mass is 358 g/mol. The number of nitrogens with one attached hydrogen (secondary N) is 1. The molecule has 0 spiro atoms. The van der Waals surface area contributed by atoms with Gasteiger partial charge in [-0.05, 0) is 40.8 Å². The van der Waals surface area contributed by atoms with E-state index < -0.39 is 0 Å². The maximum absolute atomic E-state index is 12.2. The van der Waals surface area contributed by atoms with Crippen LogP contribution >= 0.6 is 22.9 Å². The quantitative estimate of drug-likeness (QED) is 0.735. The van der Waals surface area contributed by atoms with Crippen molar-refractivity contribution in [2.75, 3.05) is 7.11 Å². The minimum absolute atomic E-state index is 0.207. The Morgan fingerprint density at radius 2 is 2.04 bits per heavy atom. The molecule has 0 fully saturated rings.